The zero-order valence-electron chi connectivity index (χ0n) is 11.6. The van der Waals surface area contributed by atoms with Crippen LogP contribution < -0.4 is 4.90 Å². The molecule has 0 aliphatic carbocycles. The maximum Gasteiger partial charge on any atom is 0.347 e. The van der Waals surface area contributed by atoms with Crippen LogP contribution in [0.5, 0.6) is 0 Å². The largest absolute Gasteiger partial charge is 0.477 e. The Balaban J connectivity index is 1.56. The van der Waals surface area contributed by atoms with Gasteiger partial charge in [0.1, 0.15) is 4.88 Å². The van der Waals surface area contributed by atoms with E-state index in [1.807, 2.05) is 6.07 Å². The highest BCUT2D eigenvalue weighted by molar-refractivity contribution is 7.17. The number of aromatic carboxylic acids is 1. The summed E-state index contributed by atoms with van der Waals surface area (Å²) in [5.41, 5.74) is 1.33. The molecule has 0 amide bonds. The number of anilines is 1. The first-order valence-corrected chi connectivity index (χ1v) is 7.74. The molecule has 1 N–H and O–H groups in total. The fourth-order valence-electron chi connectivity index (χ4n) is 2.45. The molecule has 1 aliphatic rings. The molecule has 0 radical (unpaired) electrons. The minimum atomic E-state index is -0.901. The van der Waals surface area contributed by atoms with Gasteiger partial charge in [-0.2, -0.15) is 0 Å². The first-order chi connectivity index (χ1) is 10.2. The van der Waals surface area contributed by atoms with Gasteiger partial charge in [-0.1, -0.05) is 41.7 Å². The molecular formula is C15H17N3O2S. The van der Waals surface area contributed by atoms with Gasteiger partial charge in [-0.25, -0.2) is 9.78 Å². The minimum Gasteiger partial charge on any atom is -0.477 e. The summed E-state index contributed by atoms with van der Waals surface area (Å²) in [5.74, 6) is -0.901. The van der Waals surface area contributed by atoms with Crippen molar-refractivity contribution in [1.82, 2.24) is 9.88 Å². The van der Waals surface area contributed by atoms with Gasteiger partial charge in [0.15, 0.2) is 5.13 Å². The van der Waals surface area contributed by atoms with Crippen LogP contribution in [0.4, 0.5) is 5.13 Å². The van der Waals surface area contributed by atoms with Gasteiger partial charge in [-0.15, -0.1) is 0 Å². The molecule has 1 fully saturated rings. The van der Waals surface area contributed by atoms with Crippen LogP contribution in [0, 0.1) is 0 Å². The van der Waals surface area contributed by atoms with Crippen LogP contribution in [0.25, 0.3) is 0 Å². The van der Waals surface area contributed by atoms with E-state index in [0.717, 1.165) is 37.9 Å². The predicted octanol–water partition coefficient (Wildman–Crippen LogP) is 2.16. The molecule has 2 aromatic rings. The van der Waals surface area contributed by atoms with E-state index in [0.29, 0.717) is 4.88 Å². The number of rotatable bonds is 4. The van der Waals surface area contributed by atoms with Crippen molar-refractivity contribution in [2.75, 3.05) is 31.1 Å². The Bertz CT molecular complexity index is 606. The zero-order valence-corrected chi connectivity index (χ0v) is 12.4. The Hall–Kier alpha value is -1.92. The molecular weight excluding hydrogens is 286 g/mol. The number of aromatic nitrogens is 1. The van der Waals surface area contributed by atoms with Crippen LogP contribution >= 0.6 is 11.3 Å². The summed E-state index contributed by atoms with van der Waals surface area (Å²) in [7, 11) is 0. The Morgan fingerprint density at radius 2 is 1.90 bits per heavy atom. The predicted molar refractivity (Wildman–Crippen MR) is 83.0 cm³/mol. The minimum absolute atomic E-state index is 0.303. The monoisotopic (exact) mass is 303 g/mol. The van der Waals surface area contributed by atoms with Crippen molar-refractivity contribution >= 4 is 22.4 Å². The Morgan fingerprint density at radius 1 is 1.19 bits per heavy atom. The third-order valence-electron chi connectivity index (χ3n) is 3.60. The Kier molecular flexibility index (Phi) is 4.17. The van der Waals surface area contributed by atoms with E-state index < -0.39 is 5.97 Å². The normalized spacial score (nSPS) is 16.1. The van der Waals surface area contributed by atoms with E-state index in [1.54, 1.807) is 0 Å². The van der Waals surface area contributed by atoms with Crippen molar-refractivity contribution in [2.45, 2.75) is 6.54 Å². The summed E-state index contributed by atoms with van der Waals surface area (Å²) in [6.07, 6.45) is 1.44. The molecule has 1 aromatic heterocycles. The highest BCUT2D eigenvalue weighted by Crippen LogP contribution is 2.23. The molecule has 5 nitrogen and oxygen atoms in total. The number of carboxylic acids is 1. The van der Waals surface area contributed by atoms with Gasteiger partial charge < -0.3 is 10.0 Å². The molecule has 0 saturated carbocycles. The van der Waals surface area contributed by atoms with E-state index in [1.165, 1.54) is 23.1 Å². The topological polar surface area (TPSA) is 56.7 Å². The number of nitrogens with zero attached hydrogens (tertiary/aromatic N) is 3. The van der Waals surface area contributed by atoms with Crippen LogP contribution in [0.1, 0.15) is 15.2 Å². The van der Waals surface area contributed by atoms with Crippen molar-refractivity contribution in [3.05, 3.63) is 47.0 Å². The van der Waals surface area contributed by atoms with E-state index in [2.05, 4.69) is 39.0 Å². The summed E-state index contributed by atoms with van der Waals surface area (Å²) in [4.78, 5) is 20.0. The summed E-state index contributed by atoms with van der Waals surface area (Å²) in [6.45, 7) is 4.68. The second-order valence-electron chi connectivity index (χ2n) is 5.06. The van der Waals surface area contributed by atoms with Crippen molar-refractivity contribution in [3.63, 3.8) is 0 Å². The lowest BCUT2D eigenvalue weighted by molar-refractivity contribution is 0.0702. The van der Waals surface area contributed by atoms with E-state index >= 15 is 0 Å². The standard InChI is InChI=1S/C15H17N3O2S/c19-14(20)13-10-16-15(21-13)18-8-6-17(7-9-18)11-12-4-2-1-3-5-12/h1-5,10H,6-9,11H2,(H,19,20). The maximum absolute atomic E-state index is 10.9. The van der Waals surface area contributed by atoms with Crippen molar-refractivity contribution in [3.8, 4) is 0 Å². The van der Waals surface area contributed by atoms with Gasteiger partial charge in [0.25, 0.3) is 0 Å². The van der Waals surface area contributed by atoms with Crippen molar-refractivity contribution in [2.24, 2.45) is 0 Å². The second kappa shape index (κ2) is 6.24. The molecule has 0 unspecified atom stereocenters. The third-order valence-corrected chi connectivity index (χ3v) is 4.64. The summed E-state index contributed by atoms with van der Waals surface area (Å²) in [6, 6.07) is 10.5. The highest BCUT2D eigenvalue weighted by Gasteiger charge is 2.20. The van der Waals surface area contributed by atoms with E-state index in [9.17, 15) is 4.79 Å². The first-order valence-electron chi connectivity index (χ1n) is 6.93. The molecule has 110 valence electrons. The molecule has 1 saturated heterocycles. The lowest BCUT2D eigenvalue weighted by Crippen LogP contribution is -2.45. The molecule has 0 bridgehead atoms. The van der Waals surface area contributed by atoms with E-state index in [-0.39, 0.29) is 0 Å². The van der Waals surface area contributed by atoms with Crippen LogP contribution in [0.3, 0.4) is 0 Å². The Morgan fingerprint density at radius 3 is 2.52 bits per heavy atom. The zero-order chi connectivity index (χ0) is 14.7. The van der Waals surface area contributed by atoms with Gasteiger partial charge >= 0.3 is 5.97 Å². The fourth-order valence-corrected chi connectivity index (χ4v) is 3.26. The number of hydrogen-bond acceptors (Lipinski definition) is 5. The molecule has 21 heavy (non-hydrogen) atoms. The van der Waals surface area contributed by atoms with Crippen molar-refractivity contribution in [1.29, 1.82) is 0 Å². The average molecular weight is 303 g/mol. The number of carbonyl (C=O) groups is 1. The van der Waals surface area contributed by atoms with Gasteiger partial charge in [-0.3, -0.25) is 4.90 Å². The molecule has 0 atom stereocenters. The smallest absolute Gasteiger partial charge is 0.347 e. The molecule has 0 spiro atoms. The molecule has 6 heteroatoms. The average Bonchev–Trinajstić information content (AvgIpc) is 2.99. The maximum atomic E-state index is 10.9. The molecule has 1 aliphatic heterocycles. The lowest BCUT2D eigenvalue weighted by Gasteiger charge is -2.34. The van der Waals surface area contributed by atoms with E-state index in [4.69, 9.17) is 5.11 Å². The van der Waals surface area contributed by atoms with Gasteiger partial charge in [0.05, 0.1) is 6.20 Å². The number of benzene rings is 1. The van der Waals surface area contributed by atoms with Crippen LogP contribution in [0.15, 0.2) is 36.5 Å². The van der Waals surface area contributed by atoms with Gasteiger partial charge in [0.2, 0.25) is 0 Å². The molecule has 1 aromatic carbocycles. The molecule has 3 rings (SSSR count). The summed E-state index contributed by atoms with van der Waals surface area (Å²) < 4.78 is 0. The number of carboxylic acid groups (broad SMARTS) is 1. The highest BCUT2D eigenvalue weighted by atomic mass is 32.1. The van der Waals surface area contributed by atoms with Crippen LogP contribution in [-0.2, 0) is 6.54 Å². The second-order valence-corrected chi connectivity index (χ2v) is 6.07. The first kappa shape index (κ1) is 14.0. The number of thiazole rings is 1. The summed E-state index contributed by atoms with van der Waals surface area (Å²) in [5, 5.41) is 9.76. The fraction of sp³-hybridized carbons (Fsp3) is 0.333. The quantitative estimate of drug-likeness (QED) is 0.938. The number of hydrogen-bond donors (Lipinski definition) is 1. The SMILES string of the molecule is O=C(O)c1cnc(N2CCN(Cc3ccccc3)CC2)s1. The van der Waals surface area contributed by atoms with Crippen molar-refractivity contribution < 1.29 is 9.90 Å². The number of piperazine rings is 1. The molecule has 2 heterocycles. The van der Waals surface area contributed by atoms with Crippen LogP contribution in [0.2, 0.25) is 0 Å². The third kappa shape index (κ3) is 3.40. The lowest BCUT2D eigenvalue weighted by atomic mass is 10.2. The Labute approximate surface area is 127 Å². The van der Waals surface area contributed by atoms with Crippen LogP contribution in [-0.4, -0.2) is 47.1 Å². The van der Waals surface area contributed by atoms with Gasteiger partial charge in [0, 0.05) is 32.7 Å². The summed E-state index contributed by atoms with van der Waals surface area (Å²) >= 11 is 1.25. The van der Waals surface area contributed by atoms with Gasteiger partial charge in [-0.05, 0) is 5.56 Å².